The Balaban J connectivity index is 0.000000216. The predicted molar refractivity (Wildman–Crippen MR) is 481 cm³/mol. The molecule has 31 heteroatoms. The highest BCUT2D eigenvalue weighted by molar-refractivity contribution is 6.15. The zero-order valence-corrected chi connectivity index (χ0v) is 78.8. The summed E-state index contributed by atoms with van der Waals surface area (Å²) in [6, 6.07) is 25.1. The minimum Gasteiger partial charge on any atom is -0.422 e. The van der Waals surface area contributed by atoms with Crippen molar-refractivity contribution in [2.24, 2.45) is 26.5 Å². The molecule has 0 saturated heterocycles. The molecule has 0 atom stereocenters. The summed E-state index contributed by atoms with van der Waals surface area (Å²) in [5.41, 5.74) is -3.11. The fourth-order valence-corrected chi connectivity index (χ4v) is 14.1. The minimum atomic E-state index is -5.02. The van der Waals surface area contributed by atoms with Gasteiger partial charge >= 0.3 is 58.7 Å². The van der Waals surface area contributed by atoms with Crippen molar-refractivity contribution in [2.45, 2.75) is 282 Å². The molecule has 1 fully saturated rings. The van der Waals surface area contributed by atoms with Crippen molar-refractivity contribution in [3.8, 4) is 0 Å². The zero-order chi connectivity index (χ0) is 99.0. The Bertz CT molecular complexity index is 6450. The molecule has 1 saturated carbocycles. The molecule has 4 aromatic heterocycles. The van der Waals surface area contributed by atoms with Gasteiger partial charge in [0.25, 0.3) is 0 Å². The molecule has 0 unspecified atom stereocenters. The van der Waals surface area contributed by atoms with E-state index >= 15 is 0 Å². The standard InChI is InChI=1S/C27H28F3NO4.C26H24F5NO4.C26H35NO4.C21H24F3NO4/c1-15(32)35-31-22(16-8-10-18(11-9-16)27(28,29)30)20-13-17-12-19(25(2,3)4)14-21(26(5,6)7)23(17)34-24(20)33;1-11(33)36-32-22(16-17(27)19(29)21(31)20(30)18(16)28)14-9-12-8-13(25(2,3)4)10-15(26(5,6)7)23(12)35-24(14)34;1-16(28)31-27-22(12-17-10-8-9-11-17)20-14-18-13-19(25(2,3)4)15-21(26(5,6)7)23(18)30-24(20)29;1-11(26)29-25-17(21(22,23)24)14-9-12-8-13(19(2,3)4)10-15(20(5,6)7)16(12)28-18(14)27/h8-14H,1-7H3;8-10H,1-7H3;13-15,17H,8-12H2,1-7H3;8-10H,1-7H3/b31-22+;32-22-;27-22+;25-17-. The number of carbonyl (C=O) groups excluding carboxylic acids is 4. The predicted octanol–water partition coefficient (Wildman–Crippen LogP) is 24.6. The first kappa shape index (κ1) is 104. The summed E-state index contributed by atoms with van der Waals surface area (Å²) < 4.78 is 173. The third-order valence-electron chi connectivity index (χ3n) is 21.3. The second kappa shape index (κ2) is 38.8. The normalized spacial score (nSPS) is 13.9. The molecule has 20 nitrogen and oxygen atoms in total. The van der Waals surface area contributed by atoms with Crippen molar-refractivity contribution in [1.82, 2.24) is 0 Å². The molecule has 0 spiro atoms. The molecule has 0 radical (unpaired) electrons. The Morgan fingerprint density at radius 2 is 0.611 bits per heavy atom. The van der Waals surface area contributed by atoms with Crippen molar-refractivity contribution >= 4 is 90.6 Å². The van der Waals surface area contributed by atoms with E-state index in [2.05, 4.69) is 105 Å². The lowest BCUT2D eigenvalue weighted by Gasteiger charge is -2.26. The number of fused-ring (bicyclic) bond motifs is 4. The molecular weight excluding hydrogens is 1720 g/mol. The van der Waals surface area contributed by atoms with Gasteiger partial charge in [0.1, 0.15) is 33.8 Å². The van der Waals surface area contributed by atoms with Gasteiger partial charge in [-0.2, -0.15) is 26.3 Å². The zero-order valence-electron chi connectivity index (χ0n) is 78.8. The van der Waals surface area contributed by atoms with Gasteiger partial charge in [0.05, 0.1) is 39.1 Å². The summed E-state index contributed by atoms with van der Waals surface area (Å²) in [5, 5.41) is 16.1. The summed E-state index contributed by atoms with van der Waals surface area (Å²) in [7, 11) is 0. The van der Waals surface area contributed by atoms with Crippen LogP contribution >= 0.6 is 0 Å². The van der Waals surface area contributed by atoms with E-state index in [-0.39, 0.29) is 60.5 Å². The molecule has 0 aliphatic heterocycles. The molecule has 1 aliphatic carbocycles. The van der Waals surface area contributed by atoms with Crippen LogP contribution in [0.1, 0.15) is 309 Å². The Kier molecular flexibility index (Phi) is 30.9. The van der Waals surface area contributed by atoms with Crippen LogP contribution in [0, 0.1) is 35.0 Å². The summed E-state index contributed by atoms with van der Waals surface area (Å²) in [6.07, 6.45) is -4.38. The fraction of sp³-hybridized carbons (Fsp3) is 0.440. The van der Waals surface area contributed by atoms with Gasteiger partial charge < -0.3 is 37.0 Å². The van der Waals surface area contributed by atoms with E-state index in [9.17, 15) is 86.7 Å². The molecule has 704 valence electrons. The van der Waals surface area contributed by atoms with Crippen molar-refractivity contribution in [3.63, 3.8) is 0 Å². The van der Waals surface area contributed by atoms with Gasteiger partial charge in [-0.3, -0.25) is 0 Å². The van der Waals surface area contributed by atoms with Crippen LogP contribution in [0.2, 0.25) is 0 Å². The molecule has 0 amide bonds. The maximum absolute atomic E-state index is 14.7. The number of hydrogen-bond acceptors (Lipinski definition) is 20. The maximum Gasteiger partial charge on any atom is 0.437 e. The van der Waals surface area contributed by atoms with Crippen LogP contribution in [-0.4, -0.2) is 52.9 Å². The molecule has 6 aromatic carbocycles. The molecule has 11 rings (SSSR count). The molecular formula is C100H111F11N4O16. The number of oxime groups is 4. The summed E-state index contributed by atoms with van der Waals surface area (Å²) >= 11 is 0. The molecule has 4 heterocycles. The summed E-state index contributed by atoms with van der Waals surface area (Å²) in [4.78, 5) is 115. The number of nitrogens with zero attached hydrogens (tertiary/aromatic N) is 4. The van der Waals surface area contributed by atoms with E-state index in [4.69, 9.17) is 27.3 Å². The van der Waals surface area contributed by atoms with Crippen LogP contribution in [0.5, 0.6) is 0 Å². The molecule has 0 N–H and O–H groups in total. The van der Waals surface area contributed by atoms with Gasteiger partial charge in [-0.05, 0) is 139 Å². The van der Waals surface area contributed by atoms with E-state index in [0.29, 0.717) is 62.1 Å². The van der Waals surface area contributed by atoms with Crippen molar-refractivity contribution < 1.29 is 104 Å². The van der Waals surface area contributed by atoms with E-state index in [1.54, 1.807) is 18.2 Å². The fourth-order valence-electron chi connectivity index (χ4n) is 14.1. The number of alkyl halides is 6. The number of benzene rings is 6. The van der Waals surface area contributed by atoms with Crippen LogP contribution < -0.4 is 22.5 Å². The number of halogens is 11. The second-order valence-electron chi connectivity index (χ2n) is 40.6. The quantitative estimate of drug-likeness (QED) is 0.0209. The first-order valence-corrected chi connectivity index (χ1v) is 42.1. The van der Waals surface area contributed by atoms with Crippen molar-refractivity contribution in [2.75, 3.05) is 0 Å². The second-order valence-corrected chi connectivity index (χ2v) is 40.6. The number of carbonyl (C=O) groups is 4. The first-order chi connectivity index (χ1) is 59.8. The lowest BCUT2D eigenvalue weighted by Crippen LogP contribution is -2.30. The SMILES string of the molecule is CC(=O)O/N=C(/c1cc2cc(C(C)(C)C)cc(C(C)(C)C)c2oc1=O)C(F)(F)F.CC(=O)O/N=C(\CC1CCCC1)c1cc2cc(C(C)(C)C)cc(C(C)(C)C)c2oc1=O.CC(=O)O/N=C(\c1c(F)c(F)c(F)c(F)c1F)c1cc2cc(C(C)(C)C)cc(C(C)(C)C)c2oc1=O.CC(=O)O/N=C(\c1ccc(C(F)(F)F)cc1)c1cc2cc(C(C)(C)C)cc(C(C)(C)C)c2oc1=O. The van der Waals surface area contributed by atoms with Gasteiger partial charge in [0.15, 0.2) is 29.0 Å². The van der Waals surface area contributed by atoms with Crippen LogP contribution in [0.4, 0.5) is 48.3 Å². The third kappa shape index (κ3) is 25.6. The molecule has 131 heavy (non-hydrogen) atoms. The lowest BCUT2D eigenvalue weighted by molar-refractivity contribution is -0.142. The van der Waals surface area contributed by atoms with E-state index < -0.39 is 132 Å². The molecule has 1 aliphatic rings. The van der Waals surface area contributed by atoms with Gasteiger partial charge in [0, 0.05) is 77.1 Å². The summed E-state index contributed by atoms with van der Waals surface area (Å²) in [6.45, 7) is 52.6. The Morgan fingerprint density at radius 1 is 0.336 bits per heavy atom. The van der Waals surface area contributed by atoms with Gasteiger partial charge in [-0.1, -0.05) is 249 Å². The largest absolute Gasteiger partial charge is 0.437 e. The minimum absolute atomic E-state index is 0.0376. The average molecular weight is 1830 g/mol. The van der Waals surface area contributed by atoms with Crippen molar-refractivity contribution in [3.05, 3.63) is 251 Å². The van der Waals surface area contributed by atoms with Gasteiger partial charge in [0.2, 0.25) is 5.82 Å². The first-order valence-electron chi connectivity index (χ1n) is 42.1. The molecule has 10 aromatic rings. The highest BCUT2D eigenvalue weighted by Gasteiger charge is 2.42. The Labute approximate surface area is 751 Å². The van der Waals surface area contributed by atoms with Gasteiger partial charge in [-0.25, -0.2) is 60.3 Å². The highest BCUT2D eigenvalue weighted by atomic mass is 19.4. The monoisotopic (exact) mass is 1830 g/mol. The molecule has 0 bridgehead atoms. The smallest absolute Gasteiger partial charge is 0.422 e. The van der Waals surface area contributed by atoms with Crippen LogP contribution in [0.3, 0.4) is 0 Å². The third-order valence-corrected chi connectivity index (χ3v) is 21.3. The van der Waals surface area contributed by atoms with Crippen LogP contribution in [0.15, 0.2) is 155 Å². The van der Waals surface area contributed by atoms with E-state index in [0.717, 1.165) is 91.1 Å². The van der Waals surface area contributed by atoms with E-state index in [1.807, 2.05) is 134 Å². The average Bonchev–Trinajstić information content (AvgIpc) is 1.36. The topological polar surface area (TPSA) is 275 Å². The number of hydrogen-bond donors (Lipinski definition) is 0. The lowest BCUT2D eigenvalue weighted by atomic mass is 9.79. The number of rotatable bonds is 12. The summed E-state index contributed by atoms with van der Waals surface area (Å²) in [5.74, 6) is -14.3. The Morgan fingerprint density at radius 3 is 0.916 bits per heavy atom. The maximum atomic E-state index is 14.7. The van der Waals surface area contributed by atoms with Crippen LogP contribution in [0.25, 0.3) is 43.9 Å². The van der Waals surface area contributed by atoms with E-state index in [1.165, 1.54) is 37.5 Å². The van der Waals surface area contributed by atoms with Gasteiger partial charge in [-0.15, -0.1) is 0 Å². The van der Waals surface area contributed by atoms with Crippen molar-refractivity contribution in [1.29, 1.82) is 0 Å². The Hall–Kier alpha value is -12.1. The highest BCUT2D eigenvalue weighted by Crippen LogP contribution is 2.43. The van der Waals surface area contributed by atoms with Crippen LogP contribution in [-0.2, 0) is 88.0 Å².